The molecule has 0 aliphatic carbocycles. The molecule has 0 atom stereocenters. The molecule has 0 spiro atoms. The molecule has 0 heterocycles. The van der Waals surface area contributed by atoms with Gasteiger partial charge in [0.15, 0.2) is 0 Å². The highest BCUT2D eigenvalue weighted by atomic mass is 16.5. The first-order valence-electron chi connectivity index (χ1n) is 10.8. The molecule has 3 nitrogen and oxygen atoms in total. The summed E-state index contributed by atoms with van der Waals surface area (Å²) >= 11 is 0. The van der Waals surface area contributed by atoms with Gasteiger partial charge in [-0.1, -0.05) is 88.6 Å². The van der Waals surface area contributed by atoms with Crippen LogP contribution in [0.25, 0.3) is 0 Å². The van der Waals surface area contributed by atoms with Gasteiger partial charge in [0.05, 0.1) is 0 Å². The molecule has 0 unspecified atom stereocenters. The standard InChI is InChI=1S/C25H34O3/c1-2-3-4-5-6-7-8-9-13-16-25(26)28-24-19-17-23(18-20-24)27-21-22-14-11-10-12-15-22/h10-12,14-15,17-20H,2-9,13,16,21H2,1H3. The van der Waals surface area contributed by atoms with Gasteiger partial charge < -0.3 is 9.47 Å². The molecule has 0 amide bonds. The lowest BCUT2D eigenvalue weighted by molar-refractivity contribution is -0.134. The second-order valence-corrected chi connectivity index (χ2v) is 7.30. The van der Waals surface area contributed by atoms with E-state index >= 15 is 0 Å². The van der Waals surface area contributed by atoms with E-state index in [1.807, 2.05) is 42.5 Å². The highest BCUT2D eigenvalue weighted by molar-refractivity contribution is 5.72. The molecule has 0 N–H and O–H groups in total. The lowest BCUT2D eigenvalue weighted by Crippen LogP contribution is -2.07. The van der Waals surface area contributed by atoms with Gasteiger partial charge in [0.2, 0.25) is 0 Å². The van der Waals surface area contributed by atoms with Crippen LogP contribution >= 0.6 is 0 Å². The SMILES string of the molecule is CCCCCCCCCCCC(=O)Oc1ccc(OCc2ccccc2)cc1. The van der Waals surface area contributed by atoms with Gasteiger partial charge in [-0.05, 0) is 36.2 Å². The second-order valence-electron chi connectivity index (χ2n) is 7.30. The fraction of sp³-hybridized carbons (Fsp3) is 0.480. The van der Waals surface area contributed by atoms with Gasteiger partial charge in [0.1, 0.15) is 18.1 Å². The minimum absolute atomic E-state index is 0.152. The van der Waals surface area contributed by atoms with Crippen molar-refractivity contribution < 1.29 is 14.3 Å². The van der Waals surface area contributed by atoms with Gasteiger partial charge in [0.25, 0.3) is 0 Å². The van der Waals surface area contributed by atoms with Crippen LogP contribution in [0.4, 0.5) is 0 Å². The van der Waals surface area contributed by atoms with Crippen molar-refractivity contribution in [2.75, 3.05) is 0 Å². The molecule has 28 heavy (non-hydrogen) atoms. The minimum Gasteiger partial charge on any atom is -0.489 e. The molecule has 0 saturated carbocycles. The molecule has 0 aromatic heterocycles. The molecule has 0 aliphatic heterocycles. The van der Waals surface area contributed by atoms with Gasteiger partial charge in [-0.25, -0.2) is 0 Å². The predicted octanol–water partition coefficient (Wildman–Crippen LogP) is 7.09. The Balaban J connectivity index is 1.55. The van der Waals surface area contributed by atoms with Crippen molar-refractivity contribution in [2.45, 2.75) is 77.7 Å². The van der Waals surface area contributed by atoms with Crippen LogP contribution in [0.3, 0.4) is 0 Å². The number of hydrogen-bond acceptors (Lipinski definition) is 3. The van der Waals surface area contributed by atoms with Crippen molar-refractivity contribution in [3.8, 4) is 11.5 Å². The van der Waals surface area contributed by atoms with Crippen LogP contribution in [0.1, 0.15) is 76.7 Å². The Hall–Kier alpha value is -2.29. The number of hydrogen-bond donors (Lipinski definition) is 0. The Kier molecular flexibility index (Phi) is 10.9. The van der Waals surface area contributed by atoms with Gasteiger partial charge in [-0.15, -0.1) is 0 Å². The van der Waals surface area contributed by atoms with Crippen molar-refractivity contribution in [3.63, 3.8) is 0 Å². The summed E-state index contributed by atoms with van der Waals surface area (Å²) in [4.78, 5) is 12.0. The van der Waals surface area contributed by atoms with E-state index in [0.29, 0.717) is 18.8 Å². The van der Waals surface area contributed by atoms with Gasteiger partial charge >= 0.3 is 5.97 Å². The topological polar surface area (TPSA) is 35.5 Å². The molecule has 2 aromatic carbocycles. The number of ether oxygens (including phenoxy) is 2. The van der Waals surface area contributed by atoms with Crippen LogP contribution in [-0.2, 0) is 11.4 Å². The fourth-order valence-corrected chi connectivity index (χ4v) is 3.11. The molecule has 0 radical (unpaired) electrons. The number of benzene rings is 2. The van der Waals surface area contributed by atoms with Gasteiger partial charge in [-0.2, -0.15) is 0 Å². The zero-order valence-electron chi connectivity index (χ0n) is 17.2. The largest absolute Gasteiger partial charge is 0.489 e. The van der Waals surface area contributed by atoms with E-state index in [2.05, 4.69) is 6.92 Å². The molecule has 0 saturated heterocycles. The number of carbonyl (C=O) groups excluding carboxylic acids is 1. The zero-order valence-corrected chi connectivity index (χ0v) is 17.2. The molecule has 152 valence electrons. The van der Waals surface area contributed by atoms with Crippen LogP contribution in [0.15, 0.2) is 54.6 Å². The summed E-state index contributed by atoms with van der Waals surface area (Å²) in [5.74, 6) is 1.19. The Labute approximate surface area is 170 Å². The van der Waals surface area contributed by atoms with E-state index < -0.39 is 0 Å². The van der Waals surface area contributed by atoms with Gasteiger partial charge in [0, 0.05) is 6.42 Å². The van der Waals surface area contributed by atoms with Crippen molar-refractivity contribution in [1.29, 1.82) is 0 Å². The van der Waals surface area contributed by atoms with Crippen LogP contribution < -0.4 is 9.47 Å². The maximum Gasteiger partial charge on any atom is 0.311 e. The third kappa shape index (κ3) is 9.59. The maximum atomic E-state index is 12.0. The second kappa shape index (κ2) is 13.8. The third-order valence-electron chi connectivity index (χ3n) is 4.79. The van der Waals surface area contributed by atoms with E-state index in [4.69, 9.17) is 9.47 Å². The van der Waals surface area contributed by atoms with E-state index in [-0.39, 0.29) is 5.97 Å². The monoisotopic (exact) mass is 382 g/mol. The van der Waals surface area contributed by atoms with E-state index in [9.17, 15) is 4.79 Å². The Morgan fingerprint density at radius 3 is 1.93 bits per heavy atom. The molecule has 0 fully saturated rings. The van der Waals surface area contributed by atoms with Crippen molar-refractivity contribution >= 4 is 5.97 Å². The lowest BCUT2D eigenvalue weighted by Gasteiger charge is -2.08. The first-order valence-corrected chi connectivity index (χ1v) is 10.8. The van der Waals surface area contributed by atoms with Crippen molar-refractivity contribution in [3.05, 3.63) is 60.2 Å². The molecule has 2 aromatic rings. The summed E-state index contributed by atoms with van der Waals surface area (Å²) < 4.78 is 11.2. The summed E-state index contributed by atoms with van der Waals surface area (Å²) in [6.45, 7) is 2.77. The fourth-order valence-electron chi connectivity index (χ4n) is 3.11. The molecule has 0 aliphatic rings. The Morgan fingerprint density at radius 2 is 1.29 bits per heavy atom. The third-order valence-corrected chi connectivity index (χ3v) is 4.79. The summed E-state index contributed by atoms with van der Waals surface area (Å²) in [6.07, 6.45) is 11.7. The summed E-state index contributed by atoms with van der Waals surface area (Å²) in [5.41, 5.74) is 1.12. The first-order chi connectivity index (χ1) is 13.8. The number of esters is 1. The van der Waals surface area contributed by atoms with Gasteiger partial charge in [-0.3, -0.25) is 4.79 Å². The van der Waals surface area contributed by atoms with E-state index in [0.717, 1.165) is 24.2 Å². The molecule has 2 rings (SSSR count). The molecular weight excluding hydrogens is 348 g/mol. The number of carbonyl (C=O) groups is 1. The average molecular weight is 383 g/mol. The lowest BCUT2D eigenvalue weighted by atomic mass is 10.1. The molecule has 3 heteroatoms. The Bertz CT molecular complexity index is 649. The van der Waals surface area contributed by atoms with E-state index in [1.54, 1.807) is 12.1 Å². The summed E-state index contributed by atoms with van der Waals surface area (Å²) in [7, 11) is 0. The minimum atomic E-state index is -0.152. The molecule has 0 bridgehead atoms. The quantitative estimate of drug-likeness (QED) is 0.199. The smallest absolute Gasteiger partial charge is 0.311 e. The summed E-state index contributed by atoms with van der Waals surface area (Å²) in [5, 5.41) is 0. The first kappa shape index (κ1) is 22.0. The normalized spacial score (nSPS) is 10.6. The van der Waals surface area contributed by atoms with Crippen LogP contribution in [0.5, 0.6) is 11.5 Å². The summed E-state index contributed by atoms with van der Waals surface area (Å²) in [6, 6.07) is 17.3. The van der Waals surface area contributed by atoms with Crippen LogP contribution in [0, 0.1) is 0 Å². The maximum absolute atomic E-state index is 12.0. The predicted molar refractivity (Wildman–Crippen MR) is 115 cm³/mol. The van der Waals surface area contributed by atoms with Crippen molar-refractivity contribution in [2.24, 2.45) is 0 Å². The number of unbranched alkanes of at least 4 members (excludes halogenated alkanes) is 8. The Morgan fingerprint density at radius 1 is 0.714 bits per heavy atom. The highest BCUT2D eigenvalue weighted by Crippen LogP contribution is 2.19. The van der Waals surface area contributed by atoms with Crippen molar-refractivity contribution in [1.82, 2.24) is 0 Å². The van der Waals surface area contributed by atoms with E-state index in [1.165, 1.54) is 44.9 Å². The highest BCUT2D eigenvalue weighted by Gasteiger charge is 2.05. The molecular formula is C25H34O3. The average Bonchev–Trinajstić information content (AvgIpc) is 2.73. The van der Waals surface area contributed by atoms with Crippen LogP contribution in [0.2, 0.25) is 0 Å². The zero-order chi connectivity index (χ0) is 19.9. The number of rotatable bonds is 14. The van der Waals surface area contributed by atoms with Crippen LogP contribution in [-0.4, -0.2) is 5.97 Å².